The van der Waals surface area contributed by atoms with Gasteiger partial charge in [-0.15, -0.1) is 0 Å². The van der Waals surface area contributed by atoms with E-state index in [1.54, 1.807) is 11.9 Å². The van der Waals surface area contributed by atoms with Gasteiger partial charge < -0.3 is 10.0 Å². The number of carboxylic acids is 1. The zero-order valence-electron chi connectivity index (χ0n) is 9.40. The average molecular weight is 213 g/mol. The van der Waals surface area contributed by atoms with E-state index in [2.05, 4.69) is 0 Å². The van der Waals surface area contributed by atoms with Crippen LogP contribution in [0.2, 0.25) is 0 Å². The maximum atomic E-state index is 11.6. The highest BCUT2D eigenvalue weighted by Crippen LogP contribution is 2.27. The SMILES string of the molecule is CC[C@@H]1[C@@H](CC(=O)O)CCCC(=O)N1C. The van der Waals surface area contributed by atoms with Crippen molar-refractivity contribution < 1.29 is 14.7 Å². The molecule has 0 spiro atoms. The number of amides is 1. The molecule has 86 valence electrons. The molecule has 1 rings (SSSR count). The largest absolute Gasteiger partial charge is 0.481 e. The van der Waals surface area contributed by atoms with Crippen LogP contribution < -0.4 is 0 Å². The normalized spacial score (nSPS) is 27.6. The molecule has 0 radical (unpaired) electrons. The van der Waals surface area contributed by atoms with E-state index in [0.29, 0.717) is 6.42 Å². The molecule has 1 amide bonds. The second-order valence-corrected chi connectivity index (χ2v) is 4.23. The number of rotatable bonds is 3. The molecule has 4 heteroatoms. The highest BCUT2D eigenvalue weighted by molar-refractivity contribution is 5.76. The summed E-state index contributed by atoms with van der Waals surface area (Å²) in [4.78, 5) is 24.1. The highest BCUT2D eigenvalue weighted by atomic mass is 16.4. The second-order valence-electron chi connectivity index (χ2n) is 4.23. The van der Waals surface area contributed by atoms with Gasteiger partial charge >= 0.3 is 5.97 Å². The van der Waals surface area contributed by atoms with Crippen molar-refractivity contribution in [2.75, 3.05) is 7.05 Å². The Hall–Kier alpha value is -1.06. The van der Waals surface area contributed by atoms with Crippen molar-refractivity contribution in [3.63, 3.8) is 0 Å². The van der Waals surface area contributed by atoms with Gasteiger partial charge in [-0.25, -0.2) is 0 Å². The summed E-state index contributed by atoms with van der Waals surface area (Å²) in [6.45, 7) is 2.01. The number of carboxylic acid groups (broad SMARTS) is 1. The molecule has 1 N–H and O–H groups in total. The molecular weight excluding hydrogens is 194 g/mol. The second kappa shape index (κ2) is 5.14. The van der Waals surface area contributed by atoms with Crippen molar-refractivity contribution in [1.29, 1.82) is 0 Å². The standard InChI is InChI=1S/C11H19NO3/c1-3-9-8(7-11(14)15)5-4-6-10(13)12(9)2/h8-9H,3-7H2,1-2H3,(H,14,15)/t8-,9-/m1/s1. The summed E-state index contributed by atoms with van der Waals surface area (Å²) in [6.07, 6.45) is 3.23. The van der Waals surface area contributed by atoms with Crippen molar-refractivity contribution in [2.45, 2.75) is 45.1 Å². The molecule has 15 heavy (non-hydrogen) atoms. The fourth-order valence-corrected chi connectivity index (χ4v) is 2.45. The third-order valence-corrected chi connectivity index (χ3v) is 3.26. The lowest BCUT2D eigenvalue weighted by atomic mass is 9.90. The van der Waals surface area contributed by atoms with E-state index in [4.69, 9.17) is 5.11 Å². The van der Waals surface area contributed by atoms with E-state index in [1.807, 2.05) is 6.92 Å². The molecule has 1 heterocycles. The first-order chi connectivity index (χ1) is 7.06. The van der Waals surface area contributed by atoms with E-state index in [-0.39, 0.29) is 24.3 Å². The number of carbonyl (C=O) groups excluding carboxylic acids is 1. The summed E-state index contributed by atoms with van der Waals surface area (Å²) in [6, 6.07) is 0.0936. The van der Waals surface area contributed by atoms with E-state index in [1.165, 1.54) is 0 Å². The zero-order chi connectivity index (χ0) is 11.4. The number of aliphatic carboxylic acids is 1. The number of likely N-dealkylation sites (tertiary alicyclic amines) is 1. The maximum Gasteiger partial charge on any atom is 0.303 e. The minimum atomic E-state index is -0.763. The molecular formula is C11H19NO3. The van der Waals surface area contributed by atoms with Crippen LogP contribution in [0.15, 0.2) is 0 Å². The summed E-state index contributed by atoms with van der Waals surface area (Å²) in [5.74, 6) is -0.500. The van der Waals surface area contributed by atoms with Crippen LogP contribution in [0.5, 0.6) is 0 Å². The summed E-state index contributed by atoms with van der Waals surface area (Å²) in [5.41, 5.74) is 0. The molecule has 0 aromatic rings. The number of nitrogens with zero attached hydrogens (tertiary/aromatic N) is 1. The molecule has 1 aliphatic heterocycles. The molecule has 0 aromatic carbocycles. The summed E-state index contributed by atoms with van der Waals surface area (Å²) in [7, 11) is 1.79. The Labute approximate surface area is 90.3 Å². The summed E-state index contributed by atoms with van der Waals surface area (Å²) >= 11 is 0. The predicted molar refractivity (Wildman–Crippen MR) is 56.4 cm³/mol. The Morgan fingerprint density at radius 3 is 2.80 bits per heavy atom. The minimum absolute atomic E-state index is 0.0936. The van der Waals surface area contributed by atoms with E-state index < -0.39 is 5.97 Å². The van der Waals surface area contributed by atoms with E-state index >= 15 is 0 Å². The van der Waals surface area contributed by atoms with Crippen LogP contribution in [-0.4, -0.2) is 35.0 Å². The topological polar surface area (TPSA) is 57.6 Å². The smallest absolute Gasteiger partial charge is 0.303 e. The van der Waals surface area contributed by atoms with Crippen LogP contribution in [0.1, 0.15) is 39.0 Å². The van der Waals surface area contributed by atoms with Crippen LogP contribution in [0.3, 0.4) is 0 Å². The molecule has 0 aliphatic carbocycles. The Morgan fingerprint density at radius 1 is 1.60 bits per heavy atom. The molecule has 2 atom stereocenters. The van der Waals surface area contributed by atoms with Gasteiger partial charge in [0.15, 0.2) is 0 Å². The van der Waals surface area contributed by atoms with Crippen LogP contribution >= 0.6 is 0 Å². The van der Waals surface area contributed by atoms with Crippen LogP contribution in [0.25, 0.3) is 0 Å². The molecule has 0 bridgehead atoms. The lowest BCUT2D eigenvalue weighted by molar-refractivity contribution is -0.140. The Balaban J connectivity index is 2.75. The number of hydrogen-bond acceptors (Lipinski definition) is 2. The van der Waals surface area contributed by atoms with Gasteiger partial charge in [-0.1, -0.05) is 6.92 Å². The lowest BCUT2D eigenvalue weighted by Gasteiger charge is -2.30. The first-order valence-electron chi connectivity index (χ1n) is 5.53. The van der Waals surface area contributed by atoms with Gasteiger partial charge in [0.25, 0.3) is 0 Å². The molecule has 1 aliphatic rings. The average Bonchev–Trinajstić information content (AvgIpc) is 2.27. The third kappa shape index (κ3) is 2.94. The molecule has 0 unspecified atom stereocenters. The van der Waals surface area contributed by atoms with Gasteiger partial charge in [-0.3, -0.25) is 9.59 Å². The quantitative estimate of drug-likeness (QED) is 0.772. The van der Waals surface area contributed by atoms with Gasteiger partial charge in [0.1, 0.15) is 0 Å². The molecule has 4 nitrogen and oxygen atoms in total. The Kier molecular flexibility index (Phi) is 4.12. The molecule has 1 saturated heterocycles. The minimum Gasteiger partial charge on any atom is -0.481 e. The number of hydrogen-bond donors (Lipinski definition) is 1. The van der Waals surface area contributed by atoms with Crippen molar-refractivity contribution >= 4 is 11.9 Å². The Morgan fingerprint density at radius 2 is 2.27 bits per heavy atom. The van der Waals surface area contributed by atoms with Crippen molar-refractivity contribution in [3.8, 4) is 0 Å². The van der Waals surface area contributed by atoms with Crippen LogP contribution in [-0.2, 0) is 9.59 Å². The predicted octanol–water partition coefficient (Wildman–Crippen LogP) is 1.50. The summed E-state index contributed by atoms with van der Waals surface area (Å²) in [5, 5.41) is 8.82. The van der Waals surface area contributed by atoms with E-state index in [9.17, 15) is 9.59 Å². The fourth-order valence-electron chi connectivity index (χ4n) is 2.45. The number of carbonyl (C=O) groups is 2. The molecule has 0 aromatic heterocycles. The van der Waals surface area contributed by atoms with Crippen LogP contribution in [0.4, 0.5) is 0 Å². The monoisotopic (exact) mass is 213 g/mol. The maximum absolute atomic E-state index is 11.6. The Bertz CT molecular complexity index is 252. The summed E-state index contributed by atoms with van der Waals surface area (Å²) < 4.78 is 0. The molecule has 1 fully saturated rings. The fraction of sp³-hybridized carbons (Fsp3) is 0.818. The van der Waals surface area contributed by atoms with Gasteiger partial charge in [0.2, 0.25) is 5.91 Å². The van der Waals surface area contributed by atoms with Crippen molar-refractivity contribution in [3.05, 3.63) is 0 Å². The van der Waals surface area contributed by atoms with Gasteiger partial charge in [-0.05, 0) is 25.2 Å². The molecule has 0 saturated carbocycles. The van der Waals surface area contributed by atoms with Crippen LogP contribution in [0, 0.1) is 5.92 Å². The first-order valence-corrected chi connectivity index (χ1v) is 5.53. The van der Waals surface area contributed by atoms with Gasteiger partial charge in [0.05, 0.1) is 6.42 Å². The van der Waals surface area contributed by atoms with Gasteiger partial charge in [-0.2, -0.15) is 0 Å². The van der Waals surface area contributed by atoms with E-state index in [0.717, 1.165) is 19.3 Å². The van der Waals surface area contributed by atoms with Crippen molar-refractivity contribution in [1.82, 2.24) is 4.90 Å². The van der Waals surface area contributed by atoms with Crippen molar-refractivity contribution in [2.24, 2.45) is 5.92 Å². The van der Waals surface area contributed by atoms with Gasteiger partial charge in [0, 0.05) is 19.5 Å². The third-order valence-electron chi connectivity index (χ3n) is 3.26. The zero-order valence-corrected chi connectivity index (χ0v) is 9.40. The highest BCUT2D eigenvalue weighted by Gasteiger charge is 2.31. The lowest BCUT2D eigenvalue weighted by Crippen LogP contribution is -2.40. The first kappa shape index (κ1) is 12.0.